The molecule has 7 heteroatoms. The number of benzene rings is 1. The third-order valence-corrected chi connectivity index (χ3v) is 3.55. The molecular formula is C15H19N3O4. The van der Waals surface area contributed by atoms with Crippen LogP contribution in [0.2, 0.25) is 0 Å². The van der Waals surface area contributed by atoms with Crippen molar-refractivity contribution >= 4 is 17.8 Å². The van der Waals surface area contributed by atoms with E-state index in [0.29, 0.717) is 17.5 Å². The van der Waals surface area contributed by atoms with Gasteiger partial charge in [-0.15, -0.1) is 0 Å². The highest BCUT2D eigenvalue weighted by atomic mass is 16.3. The van der Waals surface area contributed by atoms with Crippen LogP contribution in [0.3, 0.4) is 0 Å². The molecule has 1 atom stereocenters. The van der Waals surface area contributed by atoms with Gasteiger partial charge in [0.25, 0.3) is 11.8 Å². The Bertz CT molecular complexity index is 549. The molecule has 1 aromatic carbocycles. The van der Waals surface area contributed by atoms with Gasteiger partial charge in [-0.2, -0.15) is 0 Å². The van der Waals surface area contributed by atoms with E-state index >= 15 is 0 Å². The third-order valence-electron chi connectivity index (χ3n) is 3.55. The van der Waals surface area contributed by atoms with Crippen molar-refractivity contribution in [3.8, 4) is 0 Å². The number of hydrogen-bond acceptors (Lipinski definition) is 4. The fourth-order valence-corrected chi connectivity index (χ4v) is 2.24. The van der Waals surface area contributed by atoms with Crippen LogP contribution in [0.15, 0.2) is 24.3 Å². The zero-order valence-corrected chi connectivity index (χ0v) is 12.3. The zero-order chi connectivity index (χ0) is 16.1. The van der Waals surface area contributed by atoms with E-state index in [9.17, 15) is 14.4 Å². The molecule has 0 aromatic heterocycles. The summed E-state index contributed by atoms with van der Waals surface area (Å²) in [6.07, 6.45) is 0.613. The Balaban J connectivity index is 1.85. The minimum absolute atomic E-state index is 0.107. The minimum Gasteiger partial charge on any atom is -0.394 e. The molecule has 0 bridgehead atoms. The average molecular weight is 305 g/mol. The number of nitrogens with zero attached hydrogens (tertiary/aromatic N) is 1. The lowest BCUT2D eigenvalue weighted by molar-refractivity contribution is 0.0656. The van der Waals surface area contributed by atoms with Crippen LogP contribution in [0.25, 0.3) is 0 Å². The molecule has 1 aromatic rings. The first kappa shape index (κ1) is 16.0. The number of fused-ring (bicyclic) bond motifs is 1. The molecule has 2 rings (SSSR count). The smallest absolute Gasteiger partial charge is 0.315 e. The third kappa shape index (κ3) is 3.25. The molecule has 1 heterocycles. The van der Waals surface area contributed by atoms with E-state index in [0.717, 1.165) is 4.90 Å². The summed E-state index contributed by atoms with van der Waals surface area (Å²) in [4.78, 5) is 36.9. The average Bonchev–Trinajstić information content (AvgIpc) is 2.78. The van der Waals surface area contributed by atoms with Gasteiger partial charge in [0.2, 0.25) is 0 Å². The fourth-order valence-electron chi connectivity index (χ4n) is 2.24. The lowest BCUT2D eigenvalue weighted by Gasteiger charge is -2.17. The first-order valence-corrected chi connectivity index (χ1v) is 7.19. The van der Waals surface area contributed by atoms with Gasteiger partial charge in [0.05, 0.1) is 23.8 Å². The second kappa shape index (κ2) is 7.04. The highest BCUT2D eigenvalue weighted by molar-refractivity contribution is 6.21. The molecule has 4 amide bonds. The summed E-state index contributed by atoms with van der Waals surface area (Å²) in [5.74, 6) is -0.686. The molecule has 1 unspecified atom stereocenters. The number of rotatable bonds is 6. The van der Waals surface area contributed by atoms with Crippen LogP contribution in [-0.4, -0.2) is 53.6 Å². The quantitative estimate of drug-likeness (QED) is 0.661. The second-order valence-corrected chi connectivity index (χ2v) is 5.00. The number of hydrogen-bond donors (Lipinski definition) is 3. The number of imide groups is 1. The van der Waals surface area contributed by atoms with Crippen molar-refractivity contribution in [2.45, 2.75) is 19.4 Å². The molecule has 7 nitrogen and oxygen atoms in total. The predicted octanol–water partition coefficient (Wildman–Crippen LogP) is 0.353. The largest absolute Gasteiger partial charge is 0.394 e. The molecule has 3 N–H and O–H groups in total. The molecule has 0 saturated heterocycles. The maximum atomic E-state index is 12.1. The summed E-state index contributed by atoms with van der Waals surface area (Å²) in [6.45, 7) is 1.97. The lowest BCUT2D eigenvalue weighted by Crippen LogP contribution is -2.46. The monoisotopic (exact) mass is 305 g/mol. The fraction of sp³-hybridized carbons (Fsp3) is 0.400. The number of carbonyl (C=O) groups excluding carboxylic acids is 3. The molecule has 1 aliphatic rings. The van der Waals surface area contributed by atoms with E-state index in [1.807, 2.05) is 6.92 Å². The maximum absolute atomic E-state index is 12.1. The number of aliphatic hydroxyl groups excluding tert-OH is 1. The van der Waals surface area contributed by atoms with Crippen molar-refractivity contribution in [3.63, 3.8) is 0 Å². The minimum atomic E-state index is -0.433. The topological polar surface area (TPSA) is 98.7 Å². The van der Waals surface area contributed by atoms with Crippen LogP contribution >= 0.6 is 0 Å². The molecule has 0 saturated carbocycles. The normalized spacial score (nSPS) is 14.7. The van der Waals surface area contributed by atoms with E-state index in [2.05, 4.69) is 10.6 Å². The van der Waals surface area contributed by atoms with Gasteiger partial charge in [0.1, 0.15) is 0 Å². The SMILES string of the molecule is CCC(CO)NC(=O)NCCN1C(=O)c2ccccc2C1=O. The van der Waals surface area contributed by atoms with Gasteiger partial charge in [-0.05, 0) is 18.6 Å². The summed E-state index contributed by atoms with van der Waals surface area (Å²) in [6, 6.07) is 5.90. The van der Waals surface area contributed by atoms with Gasteiger partial charge in [-0.25, -0.2) is 4.79 Å². The molecular weight excluding hydrogens is 286 g/mol. The summed E-state index contributed by atoms with van der Waals surface area (Å²) in [5, 5.41) is 14.2. The highest BCUT2D eigenvalue weighted by Crippen LogP contribution is 2.21. The van der Waals surface area contributed by atoms with E-state index in [1.165, 1.54) is 0 Å². The van der Waals surface area contributed by atoms with Crippen molar-refractivity contribution in [3.05, 3.63) is 35.4 Å². The predicted molar refractivity (Wildman–Crippen MR) is 79.5 cm³/mol. The zero-order valence-electron chi connectivity index (χ0n) is 12.3. The summed E-state index contributed by atoms with van der Waals surface area (Å²) in [7, 11) is 0. The van der Waals surface area contributed by atoms with Crippen molar-refractivity contribution < 1.29 is 19.5 Å². The van der Waals surface area contributed by atoms with Crippen molar-refractivity contribution in [1.29, 1.82) is 0 Å². The lowest BCUT2D eigenvalue weighted by atomic mass is 10.1. The Kier molecular flexibility index (Phi) is 5.11. The van der Waals surface area contributed by atoms with Gasteiger partial charge >= 0.3 is 6.03 Å². The number of nitrogens with one attached hydrogen (secondary N) is 2. The molecule has 0 radical (unpaired) electrons. The van der Waals surface area contributed by atoms with Crippen LogP contribution in [0, 0.1) is 0 Å². The first-order chi connectivity index (χ1) is 10.6. The van der Waals surface area contributed by atoms with Crippen LogP contribution in [0.1, 0.15) is 34.1 Å². The number of urea groups is 1. The van der Waals surface area contributed by atoms with Crippen LogP contribution in [0.4, 0.5) is 4.79 Å². The Morgan fingerprint density at radius 2 is 1.82 bits per heavy atom. The van der Waals surface area contributed by atoms with Gasteiger partial charge < -0.3 is 15.7 Å². The Hall–Kier alpha value is -2.41. The molecule has 0 aliphatic carbocycles. The van der Waals surface area contributed by atoms with Crippen molar-refractivity contribution in [1.82, 2.24) is 15.5 Å². The number of carbonyl (C=O) groups is 3. The highest BCUT2D eigenvalue weighted by Gasteiger charge is 2.34. The molecule has 118 valence electrons. The summed E-state index contributed by atoms with van der Waals surface area (Å²) >= 11 is 0. The van der Waals surface area contributed by atoms with Crippen LogP contribution in [0.5, 0.6) is 0 Å². The molecule has 0 spiro atoms. The van der Waals surface area contributed by atoms with Gasteiger partial charge in [0.15, 0.2) is 0 Å². The van der Waals surface area contributed by atoms with Crippen LogP contribution < -0.4 is 10.6 Å². The number of aliphatic hydroxyl groups is 1. The van der Waals surface area contributed by atoms with Gasteiger partial charge in [-0.1, -0.05) is 19.1 Å². The summed E-state index contributed by atoms with van der Waals surface area (Å²) in [5.41, 5.74) is 0.784. The Morgan fingerprint density at radius 1 is 1.23 bits per heavy atom. The van der Waals surface area contributed by atoms with E-state index in [1.54, 1.807) is 24.3 Å². The standard InChI is InChI=1S/C15H19N3O4/c1-2-10(9-19)17-15(22)16-7-8-18-13(20)11-5-3-4-6-12(11)14(18)21/h3-6,10,19H,2,7-9H2,1H3,(H2,16,17,22). The van der Waals surface area contributed by atoms with Crippen molar-refractivity contribution in [2.75, 3.05) is 19.7 Å². The molecule has 1 aliphatic heterocycles. The van der Waals surface area contributed by atoms with Gasteiger partial charge in [0, 0.05) is 13.1 Å². The summed E-state index contributed by atoms with van der Waals surface area (Å²) < 4.78 is 0. The second-order valence-electron chi connectivity index (χ2n) is 5.00. The van der Waals surface area contributed by atoms with E-state index < -0.39 is 6.03 Å². The Morgan fingerprint density at radius 3 is 2.32 bits per heavy atom. The first-order valence-electron chi connectivity index (χ1n) is 7.19. The van der Waals surface area contributed by atoms with Crippen LogP contribution in [-0.2, 0) is 0 Å². The molecule has 0 fully saturated rings. The van der Waals surface area contributed by atoms with E-state index in [-0.39, 0.29) is 37.6 Å². The maximum Gasteiger partial charge on any atom is 0.315 e. The van der Waals surface area contributed by atoms with E-state index in [4.69, 9.17) is 5.11 Å². The molecule has 22 heavy (non-hydrogen) atoms. The van der Waals surface area contributed by atoms with Crippen molar-refractivity contribution in [2.24, 2.45) is 0 Å². The Labute approximate surface area is 128 Å². The number of amides is 4. The van der Waals surface area contributed by atoms with Gasteiger partial charge in [-0.3, -0.25) is 14.5 Å².